The molecule has 0 aliphatic heterocycles. The number of nitrogens with zero attached hydrogens (tertiary/aromatic N) is 3. The second-order valence-electron chi connectivity index (χ2n) is 4.80. The Balaban J connectivity index is 2.06. The lowest BCUT2D eigenvalue weighted by Gasteiger charge is -2.05. The summed E-state index contributed by atoms with van der Waals surface area (Å²) in [5.41, 5.74) is 1.73. The fourth-order valence-corrected chi connectivity index (χ4v) is 2.43. The molecule has 23 heavy (non-hydrogen) atoms. The summed E-state index contributed by atoms with van der Waals surface area (Å²) in [6.07, 6.45) is 1.74. The molecule has 0 saturated carbocycles. The minimum atomic E-state index is -0.184. The highest BCUT2D eigenvalue weighted by molar-refractivity contribution is 6.32. The van der Waals surface area contributed by atoms with Crippen LogP contribution < -0.4 is 0 Å². The highest BCUT2D eigenvalue weighted by Gasteiger charge is 2.15. The molecule has 0 saturated heterocycles. The minimum Gasteiger partial charge on any atom is -0.506 e. The predicted octanol–water partition coefficient (Wildman–Crippen LogP) is 4.48. The SMILES string of the molecule is N#CC(=C(O)c1ccccc1Cl)c1ccn(-c2ccccc2)n1. The maximum Gasteiger partial charge on any atom is 0.144 e. The van der Waals surface area contributed by atoms with Crippen LogP contribution in [0, 0.1) is 11.3 Å². The summed E-state index contributed by atoms with van der Waals surface area (Å²) < 4.78 is 1.65. The van der Waals surface area contributed by atoms with Crippen molar-refractivity contribution in [1.29, 1.82) is 5.26 Å². The Morgan fingerprint density at radius 2 is 1.74 bits per heavy atom. The summed E-state index contributed by atoms with van der Waals surface area (Å²) in [7, 11) is 0. The highest BCUT2D eigenvalue weighted by atomic mass is 35.5. The second-order valence-corrected chi connectivity index (χ2v) is 5.20. The quantitative estimate of drug-likeness (QED) is 0.571. The van der Waals surface area contributed by atoms with Crippen LogP contribution in [0.15, 0.2) is 66.9 Å². The number of aromatic nitrogens is 2. The van der Waals surface area contributed by atoms with Gasteiger partial charge >= 0.3 is 0 Å². The van der Waals surface area contributed by atoms with E-state index in [0.29, 0.717) is 16.3 Å². The van der Waals surface area contributed by atoms with E-state index in [-0.39, 0.29) is 11.3 Å². The molecule has 112 valence electrons. The second kappa shape index (κ2) is 6.39. The maximum absolute atomic E-state index is 10.4. The number of aliphatic hydroxyl groups is 1. The summed E-state index contributed by atoms with van der Waals surface area (Å²) in [6.45, 7) is 0. The molecule has 3 rings (SSSR count). The zero-order valence-electron chi connectivity index (χ0n) is 12.0. The van der Waals surface area contributed by atoms with Gasteiger partial charge < -0.3 is 5.11 Å². The molecule has 0 aliphatic rings. The first-order chi connectivity index (χ1) is 11.2. The molecule has 1 heterocycles. The molecule has 0 bridgehead atoms. The number of halogens is 1. The number of aliphatic hydroxyl groups excluding tert-OH is 1. The van der Waals surface area contributed by atoms with Crippen LogP contribution in [0.4, 0.5) is 0 Å². The Morgan fingerprint density at radius 1 is 1.04 bits per heavy atom. The Kier molecular flexibility index (Phi) is 4.13. The predicted molar refractivity (Wildman–Crippen MR) is 90.1 cm³/mol. The Labute approximate surface area is 138 Å². The van der Waals surface area contributed by atoms with E-state index < -0.39 is 0 Å². The summed E-state index contributed by atoms with van der Waals surface area (Å²) in [4.78, 5) is 0. The molecule has 0 fully saturated rings. The lowest BCUT2D eigenvalue weighted by atomic mass is 10.1. The van der Waals surface area contributed by atoms with Gasteiger partial charge in [-0.15, -0.1) is 0 Å². The molecule has 0 aliphatic carbocycles. The molecular weight excluding hydrogens is 310 g/mol. The van der Waals surface area contributed by atoms with Crippen molar-refractivity contribution >= 4 is 22.9 Å². The highest BCUT2D eigenvalue weighted by Crippen LogP contribution is 2.28. The van der Waals surface area contributed by atoms with Crippen molar-refractivity contribution in [3.8, 4) is 11.8 Å². The molecule has 4 nitrogen and oxygen atoms in total. The molecule has 0 radical (unpaired) electrons. The van der Waals surface area contributed by atoms with Gasteiger partial charge in [0.05, 0.1) is 10.7 Å². The standard InChI is InChI=1S/C18H12ClN3O/c19-16-9-5-4-8-14(16)18(23)15(12-20)17-10-11-22(21-17)13-6-2-1-3-7-13/h1-11,23H. The van der Waals surface area contributed by atoms with Crippen LogP contribution in [0.2, 0.25) is 5.02 Å². The van der Waals surface area contributed by atoms with Crippen molar-refractivity contribution in [3.05, 3.63) is 83.1 Å². The van der Waals surface area contributed by atoms with Crippen molar-refractivity contribution < 1.29 is 5.11 Å². The number of rotatable bonds is 3. The normalized spacial score (nSPS) is 11.7. The van der Waals surface area contributed by atoms with E-state index in [2.05, 4.69) is 5.10 Å². The van der Waals surface area contributed by atoms with Gasteiger partial charge in [-0.3, -0.25) is 0 Å². The third kappa shape index (κ3) is 2.96. The van der Waals surface area contributed by atoms with E-state index in [1.54, 1.807) is 41.2 Å². The van der Waals surface area contributed by atoms with Crippen LogP contribution in [0.3, 0.4) is 0 Å². The molecule has 0 spiro atoms. The molecule has 3 aromatic rings. The number of benzene rings is 2. The number of hydrogen-bond donors (Lipinski definition) is 1. The number of para-hydroxylation sites is 1. The van der Waals surface area contributed by atoms with Crippen LogP contribution in [-0.4, -0.2) is 14.9 Å². The summed E-state index contributed by atoms with van der Waals surface area (Å²) in [5, 5.41) is 24.6. The van der Waals surface area contributed by atoms with Crippen molar-refractivity contribution in [2.75, 3.05) is 0 Å². The first kappa shape index (κ1) is 14.9. The third-order valence-corrected chi connectivity index (χ3v) is 3.67. The third-order valence-electron chi connectivity index (χ3n) is 3.34. The average Bonchev–Trinajstić information content (AvgIpc) is 3.06. The Hall–Kier alpha value is -3.03. The average molecular weight is 322 g/mol. The monoisotopic (exact) mass is 321 g/mol. The van der Waals surface area contributed by atoms with Gasteiger partial charge in [0.2, 0.25) is 0 Å². The van der Waals surface area contributed by atoms with Crippen molar-refractivity contribution in [2.45, 2.75) is 0 Å². The Bertz CT molecular complexity index is 907. The first-order valence-electron chi connectivity index (χ1n) is 6.90. The van der Waals surface area contributed by atoms with Crippen molar-refractivity contribution in [3.63, 3.8) is 0 Å². The summed E-state index contributed by atoms with van der Waals surface area (Å²) >= 11 is 6.08. The largest absolute Gasteiger partial charge is 0.506 e. The summed E-state index contributed by atoms with van der Waals surface area (Å²) in [6, 6.07) is 20.0. The van der Waals surface area contributed by atoms with E-state index in [1.807, 2.05) is 36.4 Å². The molecule has 1 N–H and O–H groups in total. The molecule has 0 unspecified atom stereocenters. The van der Waals surface area contributed by atoms with Gasteiger partial charge in [0.25, 0.3) is 0 Å². The zero-order valence-corrected chi connectivity index (χ0v) is 12.8. The van der Waals surface area contributed by atoms with Gasteiger partial charge in [0, 0.05) is 11.8 Å². The lowest BCUT2D eigenvalue weighted by molar-refractivity contribution is 0.514. The van der Waals surface area contributed by atoms with Gasteiger partial charge in [-0.1, -0.05) is 41.9 Å². The molecule has 0 atom stereocenters. The van der Waals surface area contributed by atoms with Gasteiger partial charge in [-0.25, -0.2) is 4.68 Å². The fourth-order valence-electron chi connectivity index (χ4n) is 2.20. The van der Waals surface area contributed by atoms with Crippen molar-refractivity contribution in [1.82, 2.24) is 9.78 Å². The van der Waals surface area contributed by atoms with Gasteiger partial charge in [0.1, 0.15) is 23.1 Å². The van der Waals surface area contributed by atoms with E-state index in [1.165, 1.54) is 0 Å². The molecule has 1 aromatic heterocycles. The molecule has 5 heteroatoms. The zero-order chi connectivity index (χ0) is 16.2. The van der Waals surface area contributed by atoms with E-state index in [0.717, 1.165) is 5.69 Å². The van der Waals surface area contributed by atoms with E-state index >= 15 is 0 Å². The fraction of sp³-hybridized carbons (Fsp3) is 0. The van der Waals surface area contributed by atoms with Gasteiger partial charge in [0.15, 0.2) is 0 Å². The summed E-state index contributed by atoms with van der Waals surface area (Å²) in [5.74, 6) is -0.184. The van der Waals surface area contributed by atoms with Gasteiger partial charge in [-0.2, -0.15) is 10.4 Å². The van der Waals surface area contributed by atoms with E-state index in [4.69, 9.17) is 11.6 Å². The van der Waals surface area contributed by atoms with Crippen LogP contribution in [-0.2, 0) is 0 Å². The van der Waals surface area contributed by atoms with Gasteiger partial charge in [-0.05, 0) is 30.3 Å². The Morgan fingerprint density at radius 3 is 2.43 bits per heavy atom. The smallest absolute Gasteiger partial charge is 0.144 e. The van der Waals surface area contributed by atoms with Crippen LogP contribution >= 0.6 is 11.6 Å². The number of allylic oxidation sites excluding steroid dienone is 1. The van der Waals surface area contributed by atoms with Crippen LogP contribution in [0.25, 0.3) is 17.0 Å². The lowest BCUT2D eigenvalue weighted by Crippen LogP contribution is -1.97. The topological polar surface area (TPSA) is 61.8 Å². The molecule has 0 amide bonds. The van der Waals surface area contributed by atoms with E-state index in [9.17, 15) is 10.4 Å². The van der Waals surface area contributed by atoms with Crippen LogP contribution in [0.5, 0.6) is 0 Å². The maximum atomic E-state index is 10.4. The first-order valence-corrected chi connectivity index (χ1v) is 7.28. The number of nitriles is 1. The molecule has 2 aromatic carbocycles. The molecular formula is C18H12ClN3O. The number of hydrogen-bond acceptors (Lipinski definition) is 3. The van der Waals surface area contributed by atoms with Crippen LogP contribution in [0.1, 0.15) is 11.3 Å². The minimum absolute atomic E-state index is 0.0766. The van der Waals surface area contributed by atoms with Crippen molar-refractivity contribution in [2.24, 2.45) is 0 Å².